The third-order valence-corrected chi connectivity index (χ3v) is 2.36. The summed E-state index contributed by atoms with van der Waals surface area (Å²) in [5.41, 5.74) is 9.47. The highest BCUT2D eigenvalue weighted by atomic mass is 15.0. The van der Waals surface area contributed by atoms with Crippen molar-refractivity contribution in [1.29, 1.82) is 5.53 Å². The van der Waals surface area contributed by atoms with Gasteiger partial charge in [-0.1, -0.05) is 13.3 Å². The Hall–Kier alpha value is -0.660. The second kappa shape index (κ2) is 4.27. The van der Waals surface area contributed by atoms with Crippen molar-refractivity contribution in [3.63, 3.8) is 0 Å². The SMILES string of the molecule is CCC1=C(N=N)CCCCC1. The van der Waals surface area contributed by atoms with Gasteiger partial charge in [0.25, 0.3) is 0 Å². The van der Waals surface area contributed by atoms with E-state index in [2.05, 4.69) is 12.0 Å². The van der Waals surface area contributed by atoms with Crippen LogP contribution in [-0.4, -0.2) is 0 Å². The number of allylic oxidation sites excluding steroid dienone is 2. The molecule has 0 amide bonds. The fourth-order valence-electron chi connectivity index (χ4n) is 1.64. The molecule has 1 aliphatic carbocycles. The second-order valence-electron chi connectivity index (χ2n) is 3.08. The van der Waals surface area contributed by atoms with E-state index in [0.29, 0.717) is 0 Å². The largest absolute Gasteiger partial charge is 0.205 e. The molecule has 2 heteroatoms. The Labute approximate surface area is 68.2 Å². The van der Waals surface area contributed by atoms with Crippen molar-refractivity contribution >= 4 is 0 Å². The quantitative estimate of drug-likeness (QED) is 0.586. The molecular formula is C9H16N2. The molecule has 0 saturated heterocycles. The van der Waals surface area contributed by atoms with E-state index >= 15 is 0 Å². The van der Waals surface area contributed by atoms with Gasteiger partial charge in [-0.05, 0) is 37.7 Å². The average Bonchev–Trinajstić information content (AvgIpc) is 2.27. The van der Waals surface area contributed by atoms with Crippen molar-refractivity contribution in [3.05, 3.63) is 11.3 Å². The Kier molecular flexibility index (Phi) is 3.27. The molecule has 0 bridgehead atoms. The van der Waals surface area contributed by atoms with Gasteiger partial charge in [0, 0.05) is 0 Å². The molecule has 0 aliphatic heterocycles. The monoisotopic (exact) mass is 152 g/mol. The minimum Gasteiger partial charge on any atom is -0.205 e. The van der Waals surface area contributed by atoms with Crippen LogP contribution in [0.15, 0.2) is 16.4 Å². The third-order valence-electron chi connectivity index (χ3n) is 2.36. The Morgan fingerprint density at radius 1 is 1.27 bits per heavy atom. The van der Waals surface area contributed by atoms with Gasteiger partial charge in [0.1, 0.15) is 0 Å². The molecule has 0 spiro atoms. The lowest BCUT2D eigenvalue weighted by molar-refractivity contribution is 0.700. The van der Waals surface area contributed by atoms with Crippen molar-refractivity contribution < 1.29 is 0 Å². The maximum Gasteiger partial charge on any atom is 0.0615 e. The molecule has 0 unspecified atom stereocenters. The molecule has 0 fully saturated rings. The minimum absolute atomic E-state index is 1.03. The van der Waals surface area contributed by atoms with Gasteiger partial charge in [0.2, 0.25) is 0 Å². The van der Waals surface area contributed by atoms with E-state index in [1.54, 1.807) is 0 Å². The topological polar surface area (TPSA) is 36.2 Å². The minimum atomic E-state index is 1.03. The van der Waals surface area contributed by atoms with Crippen molar-refractivity contribution in [3.8, 4) is 0 Å². The van der Waals surface area contributed by atoms with E-state index in [1.807, 2.05) is 0 Å². The number of nitrogens with zero attached hydrogens (tertiary/aromatic N) is 1. The van der Waals surface area contributed by atoms with Crippen LogP contribution >= 0.6 is 0 Å². The molecule has 11 heavy (non-hydrogen) atoms. The number of rotatable bonds is 2. The number of nitrogens with one attached hydrogen (secondary N) is 1. The molecular weight excluding hydrogens is 136 g/mol. The van der Waals surface area contributed by atoms with E-state index in [9.17, 15) is 0 Å². The van der Waals surface area contributed by atoms with E-state index < -0.39 is 0 Å². The average molecular weight is 152 g/mol. The summed E-state index contributed by atoms with van der Waals surface area (Å²) in [4.78, 5) is 0. The second-order valence-corrected chi connectivity index (χ2v) is 3.08. The summed E-state index contributed by atoms with van der Waals surface area (Å²) >= 11 is 0. The van der Waals surface area contributed by atoms with Crippen LogP contribution in [0.2, 0.25) is 0 Å². The molecule has 2 nitrogen and oxygen atoms in total. The van der Waals surface area contributed by atoms with Crippen LogP contribution in [0, 0.1) is 5.53 Å². The van der Waals surface area contributed by atoms with Gasteiger partial charge >= 0.3 is 0 Å². The lowest BCUT2D eigenvalue weighted by atomic mass is 10.1. The summed E-state index contributed by atoms with van der Waals surface area (Å²) in [5.74, 6) is 0. The van der Waals surface area contributed by atoms with Crippen LogP contribution in [0.1, 0.15) is 45.4 Å². The summed E-state index contributed by atoms with van der Waals surface area (Å²) in [7, 11) is 0. The third kappa shape index (κ3) is 2.14. The molecule has 0 saturated carbocycles. The number of hydrogen-bond donors (Lipinski definition) is 1. The van der Waals surface area contributed by atoms with Gasteiger partial charge in [0.05, 0.1) is 5.70 Å². The fraction of sp³-hybridized carbons (Fsp3) is 0.778. The van der Waals surface area contributed by atoms with Gasteiger partial charge < -0.3 is 0 Å². The van der Waals surface area contributed by atoms with Crippen LogP contribution in [0.4, 0.5) is 0 Å². The molecule has 1 N–H and O–H groups in total. The van der Waals surface area contributed by atoms with E-state index in [0.717, 1.165) is 18.5 Å². The summed E-state index contributed by atoms with van der Waals surface area (Å²) in [6.07, 6.45) is 7.12. The molecule has 0 atom stereocenters. The van der Waals surface area contributed by atoms with Crippen LogP contribution in [0.5, 0.6) is 0 Å². The van der Waals surface area contributed by atoms with Gasteiger partial charge in [-0.3, -0.25) is 0 Å². The first kappa shape index (κ1) is 8.44. The van der Waals surface area contributed by atoms with Crippen molar-refractivity contribution in [2.45, 2.75) is 45.4 Å². The first-order chi connectivity index (χ1) is 5.38. The van der Waals surface area contributed by atoms with Crippen LogP contribution in [0.25, 0.3) is 0 Å². The molecule has 62 valence electrons. The normalized spacial score (nSPS) is 19.7. The van der Waals surface area contributed by atoms with Gasteiger partial charge in [-0.2, -0.15) is 5.11 Å². The summed E-state index contributed by atoms with van der Waals surface area (Å²) in [5, 5.41) is 3.59. The smallest absolute Gasteiger partial charge is 0.0615 e. The van der Waals surface area contributed by atoms with Gasteiger partial charge in [-0.15, -0.1) is 0 Å². The first-order valence-electron chi connectivity index (χ1n) is 4.46. The molecule has 0 aromatic heterocycles. The Bertz CT molecular complexity index is 170. The highest BCUT2D eigenvalue weighted by molar-refractivity contribution is 5.13. The van der Waals surface area contributed by atoms with Crippen molar-refractivity contribution in [2.24, 2.45) is 5.11 Å². The molecule has 0 heterocycles. The molecule has 0 aromatic rings. The lowest BCUT2D eigenvalue weighted by Crippen LogP contribution is -1.84. The predicted octanol–water partition coefficient (Wildman–Crippen LogP) is 3.65. The van der Waals surface area contributed by atoms with Crippen molar-refractivity contribution in [1.82, 2.24) is 0 Å². The molecule has 1 aliphatic rings. The Balaban J connectivity index is 2.71. The van der Waals surface area contributed by atoms with Crippen molar-refractivity contribution in [2.75, 3.05) is 0 Å². The van der Waals surface area contributed by atoms with E-state index in [4.69, 9.17) is 5.53 Å². The molecule has 0 aromatic carbocycles. The molecule has 1 rings (SSSR count). The Morgan fingerprint density at radius 3 is 2.64 bits per heavy atom. The Morgan fingerprint density at radius 2 is 2.00 bits per heavy atom. The fourth-order valence-corrected chi connectivity index (χ4v) is 1.64. The molecule has 0 radical (unpaired) electrons. The van der Waals surface area contributed by atoms with Crippen LogP contribution in [0.3, 0.4) is 0 Å². The van der Waals surface area contributed by atoms with Crippen LogP contribution in [-0.2, 0) is 0 Å². The lowest BCUT2D eigenvalue weighted by Gasteiger charge is -2.02. The standard InChI is InChI=1S/C9H16N2/c1-2-8-6-4-3-5-7-9(8)11-10/h10H,2-7H2,1H3. The highest BCUT2D eigenvalue weighted by Gasteiger charge is 2.08. The zero-order valence-corrected chi connectivity index (χ0v) is 7.19. The van der Waals surface area contributed by atoms with Crippen LogP contribution < -0.4 is 0 Å². The van der Waals surface area contributed by atoms with E-state index in [1.165, 1.54) is 31.3 Å². The maximum atomic E-state index is 7.00. The first-order valence-corrected chi connectivity index (χ1v) is 4.46. The maximum absolute atomic E-state index is 7.00. The number of hydrogen-bond acceptors (Lipinski definition) is 2. The highest BCUT2D eigenvalue weighted by Crippen LogP contribution is 2.26. The summed E-state index contributed by atoms with van der Waals surface area (Å²) in [6, 6.07) is 0. The van der Waals surface area contributed by atoms with Gasteiger partial charge in [-0.25, -0.2) is 5.53 Å². The van der Waals surface area contributed by atoms with E-state index in [-0.39, 0.29) is 0 Å². The predicted molar refractivity (Wildman–Crippen MR) is 45.5 cm³/mol. The van der Waals surface area contributed by atoms with Gasteiger partial charge in [0.15, 0.2) is 0 Å². The zero-order valence-electron chi connectivity index (χ0n) is 7.19. The summed E-state index contributed by atoms with van der Waals surface area (Å²) in [6.45, 7) is 2.16. The zero-order chi connectivity index (χ0) is 8.10. The summed E-state index contributed by atoms with van der Waals surface area (Å²) < 4.78 is 0.